The summed E-state index contributed by atoms with van der Waals surface area (Å²) in [6, 6.07) is 11.2. The van der Waals surface area contributed by atoms with Gasteiger partial charge in [0.05, 0.1) is 37.4 Å². The van der Waals surface area contributed by atoms with Crippen LogP contribution in [0.3, 0.4) is 0 Å². The van der Waals surface area contributed by atoms with Gasteiger partial charge in [-0.1, -0.05) is 23.7 Å². The molecule has 3 rings (SSSR count). The number of para-hydroxylation sites is 2. The smallest absolute Gasteiger partial charge is 0.325 e. The maximum atomic E-state index is 12.5. The molecule has 0 spiro atoms. The first kappa shape index (κ1) is 21.6. The SMILES string of the molecule is C[N+](C)([O-])CCCOc1ccc(Cl)cc1NC(=O)Nc1c[n+](=O)c2ccccc2[nH]1. The number of hydroxylamine groups is 3. The second kappa shape index (κ2) is 9.12. The molecular formula is C20H23ClN5O4+. The van der Waals surface area contributed by atoms with Gasteiger partial charge in [0.25, 0.3) is 11.7 Å². The largest absolute Gasteiger partial charge is 0.633 e. The van der Waals surface area contributed by atoms with Crippen LogP contribution in [0.1, 0.15) is 6.42 Å². The van der Waals surface area contributed by atoms with E-state index < -0.39 is 10.7 Å². The van der Waals surface area contributed by atoms with E-state index in [-0.39, 0.29) is 5.82 Å². The van der Waals surface area contributed by atoms with Gasteiger partial charge in [0.1, 0.15) is 11.3 Å². The normalized spacial score (nSPS) is 11.3. The van der Waals surface area contributed by atoms with E-state index in [1.165, 1.54) is 6.20 Å². The van der Waals surface area contributed by atoms with Gasteiger partial charge in [-0.3, -0.25) is 5.32 Å². The Morgan fingerprint density at radius 3 is 2.77 bits per heavy atom. The maximum absolute atomic E-state index is 12.5. The van der Waals surface area contributed by atoms with Crippen LogP contribution in [0.5, 0.6) is 5.75 Å². The Morgan fingerprint density at radius 1 is 1.23 bits per heavy atom. The molecule has 10 heteroatoms. The molecule has 2 amide bonds. The van der Waals surface area contributed by atoms with Gasteiger partial charge >= 0.3 is 6.03 Å². The molecule has 3 aromatic rings. The molecule has 0 saturated heterocycles. The highest BCUT2D eigenvalue weighted by atomic mass is 35.5. The van der Waals surface area contributed by atoms with Crippen LogP contribution in [-0.4, -0.2) is 42.9 Å². The Kier molecular flexibility index (Phi) is 6.56. The molecule has 0 bridgehead atoms. The van der Waals surface area contributed by atoms with E-state index in [2.05, 4.69) is 15.6 Å². The Balaban J connectivity index is 1.69. The molecule has 1 heterocycles. The number of halogens is 1. The number of rotatable bonds is 7. The number of aromatic amines is 1. The average molecular weight is 433 g/mol. The Bertz CT molecular complexity index is 1110. The van der Waals surface area contributed by atoms with Gasteiger partial charge in [0.2, 0.25) is 0 Å². The summed E-state index contributed by atoms with van der Waals surface area (Å²) >= 11 is 6.05. The fourth-order valence-electron chi connectivity index (χ4n) is 2.83. The highest BCUT2D eigenvalue weighted by Crippen LogP contribution is 2.28. The van der Waals surface area contributed by atoms with E-state index in [0.29, 0.717) is 51.5 Å². The van der Waals surface area contributed by atoms with Gasteiger partial charge < -0.3 is 24.9 Å². The Labute approximate surface area is 178 Å². The molecule has 1 aromatic heterocycles. The van der Waals surface area contributed by atoms with Crippen molar-refractivity contribution in [1.82, 2.24) is 4.98 Å². The number of fused-ring (bicyclic) bond motifs is 1. The highest BCUT2D eigenvalue weighted by molar-refractivity contribution is 6.31. The third-order valence-corrected chi connectivity index (χ3v) is 4.43. The van der Waals surface area contributed by atoms with Crippen LogP contribution in [0.2, 0.25) is 5.02 Å². The highest BCUT2D eigenvalue weighted by Gasteiger charge is 2.14. The van der Waals surface area contributed by atoms with Gasteiger partial charge in [-0.15, -0.1) is 0 Å². The average Bonchev–Trinajstić information content (AvgIpc) is 2.66. The number of carbonyl (C=O) groups is 1. The van der Waals surface area contributed by atoms with Crippen molar-refractivity contribution in [3.63, 3.8) is 0 Å². The minimum Gasteiger partial charge on any atom is -0.633 e. The quantitative estimate of drug-likeness (QED) is 0.228. The molecule has 0 aliphatic carbocycles. The second-order valence-electron chi connectivity index (χ2n) is 7.23. The molecule has 2 aromatic carbocycles. The number of carbonyl (C=O) groups excluding carboxylic acids is 1. The number of nitrogens with zero attached hydrogens (tertiary/aromatic N) is 2. The molecule has 3 N–H and O–H groups in total. The Morgan fingerprint density at radius 2 is 2.00 bits per heavy atom. The van der Waals surface area contributed by atoms with E-state index >= 15 is 0 Å². The van der Waals surface area contributed by atoms with Crippen LogP contribution in [0, 0.1) is 10.1 Å². The van der Waals surface area contributed by atoms with E-state index in [4.69, 9.17) is 16.3 Å². The van der Waals surface area contributed by atoms with Crippen LogP contribution < -0.4 is 19.8 Å². The maximum Gasteiger partial charge on any atom is 0.325 e. The van der Waals surface area contributed by atoms with Crippen LogP contribution in [-0.2, 0) is 0 Å². The lowest BCUT2D eigenvalue weighted by Crippen LogP contribution is -2.33. The number of urea groups is 1. The summed E-state index contributed by atoms with van der Waals surface area (Å²) in [5.74, 6) is 0.647. The van der Waals surface area contributed by atoms with E-state index in [0.717, 1.165) is 0 Å². The zero-order valence-corrected chi connectivity index (χ0v) is 17.4. The fourth-order valence-corrected chi connectivity index (χ4v) is 3.00. The number of ether oxygens (including phenoxy) is 1. The Hall–Kier alpha value is -3.14. The lowest BCUT2D eigenvalue weighted by molar-refractivity contribution is -0.840. The minimum atomic E-state index is -0.578. The van der Waals surface area contributed by atoms with Crippen LogP contribution >= 0.6 is 11.6 Å². The second-order valence-corrected chi connectivity index (χ2v) is 7.67. The minimum absolute atomic E-state index is 0.223. The van der Waals surface area contributed by atoms with Crippen LogP contribution in [0.4, 0.5) is 16.3 Å². The van der Waals surface area contributed by atoms with Gasteiger partial charge in [0, 0.05) is 22.4 Å². The molecule has 0 radical (unpaired) electrons. The fraction of sp³-hybridized carbons (Fsp3) is 0.250. The number of hydrogen-bond donors (Lipinski definition) is 3. The van der Waals surface area contributed by atoms with Crippen molar-refractivity contribution >= 4 is 40.2 Å². The number of amides is 2. The van der Waals surface area contributed by atoms with Gasteiger partial charge in [-0.25, -0.2) is 4.79 Å². The van der Waals surface area contributed by atoms with Crippen molar-refractivity contribution in [3.8, 4) is 5.75 Å². The summed E-state index contributed by atoms with van der Waals surface area (Å²) in [6.45, 7) is 0.723. The van der Waals surface area contributed by atoms with Gasteiger partial charge in [-0.2, -0.15) is 0 Å². The zero-order valence-electron chi connectivity index (χ0n) is 16.6. The van der Waals surface area contributed by atoms with Crippen molar-refractivity contribution in [1.29, 1.82) is 0 Å². The summed E-state index contributed by atoms with van der Waals surface area (Å²) in [7, 11) is 3.13. The molecule has 0 aliphatic rings. The number of aromatic nitrogens is 2. The number of benzene rings is 2. The lowest BCUT2D eigenvalue weighted by Gasteiger charge is -2.33. The molecule has 158 valence electrons. The summed E-state index contributed by atoms with van der Waals surface area (Å²) in [5, 5.41) is 17.3. The molecule has 9 nitrogen and oxygen atoms in total. The predicted octanol–water partition coefficient (Wildman–Crippen LogP) is 3.72. The molecule has 0 unspecified atom stereocenters. The number of hydrogen-bond acceptors (Lipinski definition) is 4. The predicted molar refractivity (Wildman–Crippen MR) is 116 cm³/mol. The number of nitrogens with one attached hydrogen (secondary N) is 3. The van der Waals surface area contributed by atoms with Gasteiger partial charge in [0.15, 0.2) is 5.82 Å². The van der Waals surface area contributed by atoms with Gasteiger partial charge in [-0.05, 0) is 24.3 Å². The van der Waals surface area contributed by atoms with Crippen molar-refractivity contribution in [2.24, 2.45) is 0 Å². The van der Waals surface area contributed by atoms with Crippen molar-refractivity contribution in [3.05, 3.63) is 63.8 Å². The number of quaternary nitrogens is 1. The lowest BCUT2D eigenvalue weighted by atomic mass is 10.3. The zero-order chi connectivity index (χ0) is 21.7. The van der Waals surface area contributed by atoms with Crippen molar-refractivity contribution < 1.29 is 18.6 Å². The van der Waals surface area contributed by atoms with E-state index in [1.807, 2.05) is 0 Å². The molecule has 0 saturated carbocycles. The molecule has 0 fully saturated rings. The first-order valence-corrected chi connectivity index (χ1v) is 9.68. The summed E-state index contributed by atoms with van der Waals surface area (Å²) in [4.78, 5) is 27.6. The topological polar surface area (TPSA) is 112 Å². The third kappa shape index (κ3) is 5.93. The van der Waals surface area contributed by atoms with Crippen LogP contribution in [0.15, 0.2) is 48.7 Å². The van der Waals surface area contributed by atoms with E-state index in [9.17, 15) is 14.9 Å². The summed E-state index contributed by atoms with van der Waals surface area (Å²) in [6.07, 6.45) is 1.79. The first-order valence-electron chi connectivity index (χ1n) is 9.30. The molecule has 30 heavy (non-hydrogen) atoms. The molecule has 0 atom stereocenters. The van der Waals surface area contributed by atoms with Crippen molar-refractivity contribution in [2.45, 2.75) is 6.42 Å². The molecule has 0 aliphatic heterocycles. The summed E-state index contributed by atoms with van der Waals surface area (Å²) < 4.78 is 5.97. The number of H-pyrrole nitrogens is 1. The number of anilines is 2. The van der Waals surface area contributed by atoms with Crippen molar-refractivity contribution in [2.75, 3.05) is 37.9 Å². The monoisotopic (exact) mass is 432 g/mol. The third-order valence-electron chi connectivity index (χ3n) is 4.19. The standard InChI is InChI=1S/C20H22ClN5O4/c1-26(2,29)10-5-11-30-18-9-8-14(21)12-16(18)23-20(27)24-19-13-25(28)17-7-4-3-6-15(17)22-19/h3-4,6-9,12-13H,5,10-11H2,1-2H3,(H2-,22,23,24,27,28)/p+1. The molecular weight excluding hydrogens is 410 g/mol. The summed E-state index contributed by atoms with van der Waals surface area (Å²) in [5.41, 5.74) is 1.40. The van der Waals surface area contributed by atoms with E-state index in [1.54, 1.807) is 56.6 Å². The first-order chi connectivity index (χ1) is 14.2. The van der Waals surface area contributed by atoms with Crippen LogP contribution in [0.25, 0.3) is 11.0 Å².